The molecule has 60 valence electrons. The summed E-state index contributed by atoms with van der Waals surface area (Å²) in [6.45, 7) is 4.87. The third-order valence-corrected chi connectivity index (χ3v) is 5.51. The zero-order chi connectivity index (χ0) is 7.33. The summed E-state index contributed by atoms with van der Waals surface area (Å²) in [5, 5.41) is 0. The van der Waals surface area contributed by atoms with Gasteiger partial charge < -0.3 is 0 Å². The average Bonchev–Trinajstić information content (AvgIpc) is 1.98. The van der Waals surface area contributed by atoms with E-state index in [1.54, 1.807) is 6.42 Å². The number of rotatable bonds is 1. The van der Waals surface area contributed by atoms with E-state index in [1.165, 1.54) is 41.4 Å². The fraction of sp³-hybridized carbons (Fsp3) is 1.00. The highest BCUT2D eigenvalue weighted by atomic mass is 14.9. The van der Waals surface area contributed by atoms with Crippen molar-refractivity contribution in [1.82, 2.24) is 0 Å². The Morgan fingerprint density at radius 1 is 0.909 bits per heavy atom. The molecule has 0 spiro atoms. The summed E-state index contributed by atoms with van der Waals surface area (Å²) >= 11 is 0. The molecule has 0 heteroatoms. The van der Waals surface area contributed by atoms with Crippen molar-refractivity contribution < 1.29 is 0 Å². The van der Waals surface area contributed by atoms with Crippen molar-refractivity contribution in [3.63, 3.8) is 0 Å². The Morgan fingerprint density at radius 3 is 1.82 bits per heavy atom. The molecule has 4 saturated carbocycles. The minimum absolute atomic E-state index is 0.993. The molecule has 4 rings (SSSR count). The lowest BCUT2D eigenvalue weighted by molar-refractivity contribution is -0.412. The second kappa shape index (κ2) is 1.30. The molecular formula is C11H16. The Hall–Kier alpha value is 0. The quantitative estimate of drug-likeness (QED) is 0.535. The molecule has 4 aliphatic rings. The van der Waals surface area contributed by atoms with Gasteiger partial charge in [-0.2, -0.15) is 0 Å². The van der Waals surface area contributed by atoms with Crippen LogP contribution in [-0.4, -0.2) is 0 Å². The van der Waals surface area contributed by atoms with Gasteiger partial charge in [0.2, 0.25) is 0 Å². The third kappa shape index (κ3) is 0.331. The van der Waals surface area contributed by atoms with Gasteiger partial charge in [-0.25, -0.2) is 0 Å². The van der Waals surface area contributed by atoms with Crippen LogP contribution >= 0.6 is 0 Å². The first-order chi connectivity index (χ1) is 5.30. The van der Waals surface area contributed by atoms with Crippen molar-refractivity contribution in [1.29, 1.82) is 0 Å². The normalized spacial score (nSPS) is 73.9. The molecule has 4 fully saturated rings. The Labute approximate surface area is 68.4 Å². The molecule has 11 heavy (non-hydrogen) atoms. The van der Waals surface area contributed by atoms with E-state index < -0.39 is 0 Å². The molecule has 0 aliphatic heterocycles. The predicted molar refractivity (Wildman–Crippen MR) is 43.9 cm³/mol. The molecule has 0 bridgehead atoms. The number of hydrogen-bond donors (Lipinski definition) is 0. The van der Waals surface area contributed by atoms with E-state index in [9.17, 15) is 0 Å². The summed E-state index contributed by atoms with van der Waals surface area (Å²) in [5.74, 6) is 9.66. The maximum atomic E-state index is 2.44. The van der Waals surface area contributed by atoms with Crippen molar-refractivity contribution in [2.45, 2.75) is 20.3 Å². The van der Waals surface area contributed by atoms with Crippen LogP contribution < -0.4 is 0 Å². The van der Waals surface area contributed by atoms with Crippen molar-refractivity contribution >= 4 is 0 Å². The molecule has 0 aromatic heterocycles. The molecule has 4 aliphatic carbocycles. The van der Waals surface area contributed by atoms with Crippen molar-refractivity contribution in [2.24, 2.45) is 47.3 Å². The third-order valence-electron chi connectivity index (χ3n) is 5.51. The van der Waals surface area contributed by atoms with Crippen LogP contribution in [-0.2, 0) is 0 Å². The van der Waals surface area contributed by atoms with Gasteiger partial charge >= 0.3 is 0 Å². The molecule has 0 aromatic rings. The fourth-order valence-corrected chi connectivity index (χ4v) is 5.28. The lowest BCUT2D eigenvalue weighted by atomic mass is 9.16. The van der Waals surface area contributed by atoms with Gasteiger partial charge in [-0.3, -0.25) is 0 Å². The maximum absolute atomic E-state index is 2.44. The van der Waals surface area contributed by atoms with Crippen LogP contribution in [0.3, 0.4) is 0 Å². The topological polar surface area (TPSA) is 0 Å². The predicted octanol–water partition coefficient (Wildman–Crippen LogP) is 2.40. The van der Waals surface area contributed by atoms with Crippen LogP contribution in [0.25, 0.3) is 0 Å². The summed E-state index contributed by atoms with van der Waals surface area (Å²) in [7, 11) is 0. The summed E-state index contributed by atoms with van der Waals surface area (Å²) in [6, 6.07) is 0. The van der Waals surface area contributed by atoms with Gasteiger partial charge in [0.15, 0.2) is 0 Å². The highest BCUT2D eigenvalue weighted by molar-refractivity contribution is 5.29. The van der Waals surface area contributed by atoms with E-state index >= 15 is 0 Å². The van der Waals surface area contributed by atoms with E-state index in [0.29, 0.717) is 0 Å². The summed E-state index contributed by atoms with van der Waals surface area (Å²) in [6.07, 6.45) is 1.64. The zero-order valence-electron chi connectivity index (χ0n) is 7.33. The van der Waals surface area contributed by atoms with Crippen LogP contribution in [0.5, 0.6) is 0 Å². The Balaban J connectivity index is 1.70. The number of fused-ring (bicyclic) bond motifs is 2. The molecule has 4 unspecified atom stereocenters. The molecule has 4 atom stereocenters. The monoisotopic (exact) mass is 148 g/mol. The van der Waals surface area contributed by atoms with E-state index in [0.717, 1.165) is 5.92 Å². The second-order valence-corrected chi connectivity index (χ2v) is 5.69. The van der Waals surface area contributed by atoms with Gasteiger partial charge in [0.25, 0.3) is 0 Å². The van der Waals surface area contributed by atoms with Crippen molar-refractivity contribution in [3.8, 4) is 0 Å². The summed E-state index contributed by atoms with van der Waals surface area (Å²) in [5.41, 5.74) is 0. The fourth-order valence-electron chi connectivity index (χ4n) is 5.28. The minimum Gasteiger partial charge on any atom is -0.0625 e. The molecule has 0 N–H and O–H groups in total. The van der Waals surface area contributed by atoms with Crippen molar-refractivity contribution in [3.05, 3.63) is 0 Å². The van der Waals surface area contributed by atoms with Crippen LogP contribution in [0.15, 0.2) is 0 Å². The smallest absolute Gasteiger partial charge is 0.0312 e. The molecule has 0 nitrogen and oxygen atoms in total. The molecular weight excluding hydrogens is 132 g/mol. The van der Waals surface area contributed by atoms with Gasteiger partial charge in [-0.15, -0.1) is 0 Å². The largest absolute Gasteiger partial charge is 0.0625 e. The zero-order valence-corrected chi connectivity index (χ0v) is 7.33. The lowest BCUT2D eigenvalue weighted by Crippen LogP contribution is -2.84. The van der Waals surface area contributed by atoms with Crippen LogP contribution in [0.4, 0.5) is 0 Å². The van der Waals surface area contributed by atoms with Crippen LogP contribution in [0, 0.1) is 47.3 Å². The molecule has 0 heterocycles. The highest BCUT2D eigenvalue weighted by Crippen LogP contribution is 2.87. The first-order valence-corrected chi connectivity index (χ1v) is 5.30. The molecule has 0 saturated heterocycles. The minimum atomic E-state index is 0.993. The standard InChI is InChI=1S/C11H16/c1-4(2)7-9-5-3-6-8(5)11(9)10(6)7/h4-11H,3H2,1-2H3. The Kier molecular flexibility index (Phi) is 0.661. The summed E-state index contributed by atoms with van der Waals surface area (Å²) in [4.78, 5) is 0. The SMILES string of the molecule is CC(C)C1C2C3CC4C3C2C41. The summed E-state index contributed by atoms with van der Waals surface area (Å²) < 4.78 is 0. The molecule has 0 radical (unpaired) electrons. The highest BCUT2D eigenvalue weighted by Gasteiger charge is 2.82. The average molecular weight is 148 g/mol. The molecule has 0 aromatic carbocycles. The number of hydrogen-bond acceptors (Lipinski definition) is 0. The van der Waals surface area contributed by atoms with E-state index in [1.807, 2.05) is 0 Å². The first-order valence-electron chi connectivity index (χ1n) is 5.30. The van der Waals surface area contributed by atoms with E-state index in [2.05, 4.69) is 13.8 Å². The van der Waals surface area contributed by atoms with E-state index in [-0.39, 0.29) is 0 Å². The van der Waals surface area contributed by atoms with Gasteiger partial charge in [0, 0.05) is 0 Å². The second-order valence-electron chi connectivity index (χ2n) is 5.69. The Morgan fingerprint density at radius 2 is 1.55 bits per heavy atom. The van der Waals surface area contributed by atoms with E-state index in [4.69, 9.17) is 0 Å². The first kappa shape index (κ1) is 5.61. The Bertz CT molecular complexity index is 201. The lowest BCUT2D eigenvalue weighted by Gasteiger charge is -2.88. The van der Waals surface area contributed by atoms with Gasteiger partial charge in [0.1, 0.15) is 0 Å². The van der Waals surface area contributed by atoms with Gasteiger partial charge in [0.05, 0.1) is 0 Å². The molecule has 0 amide bonds. The van der Waals surface area contributed by atoms with Crippen molar-refractivity contribution in [2.75, 3.05) is 0 Å². The van der Waals surface area contributed by atoms with Crippen LogP contribution in [0.2, 0.25) is 0 Å². The van der Waals surface area contributed by atoms with Crippen LogP contribution in [0.1, 0.15) is 20.3 Å². The van der Waals surface area contributed by atoms with Gasteiger partial charge in [-0.1, -0.05) is 13.8 Å². The maximum Gasteiger partial charge on any atom is -0.0312 e. The van der Waals surface area contributed by atoms with Gasteiger partial charge in [-0.05, 0) is 53.8 Å².